The number of hydrogen-bond donors (Lipinski definition) is 1. The number of rotatable bonds is 6. The second-order valence-corrected chi connectivity index (χ2v) is 5.36. The van der Waals surface area contributed by atoms with Gasteiger partial charge in [-0.25, -0.2) is 0 Å². The van der Waals surface area contributed by atoms with Gasteiger partial charge in [0.2, 0.25) is 11.8 Å². The van der Waals surface area contributed by atoms with Crippen molar-refractivity contribution in [3.8, 4) is 0 Å². The minimum absolute atomic E-state index is 0.151. The third kappa shape index (κ3) is 5.77. The van der Waals surface area contributed by atoms with E-state index in [2.05, 4.69) is 0 Å². The molecule has 8 heteroatoms. The van der Waals surface area contributed by atoms with Crippen molar-refractivity contribution in [3.05, 3.63) is 0 Å². The van der Waals surface area contributed by atoms with Gasteiger partial charge in [-0.2, -0.15) is 13.2 Å². The first-order chi connectivity index (χ1) is 9.10. The first-order valence-electron chi connectivity index (χ1n) is 6.40. The van der Waals surface area contributed by atoms with Crippen LogP contribution in [0.25, 0.3) is 0 Å². The molecule has 2 amide bonds. The molecule has 1 rings (SSSR count). The predicted octanol–water partition coefficient (Wildman–Crippen LogP) is 0.593. The van der Waals surface area contributed by atoms with Crippen LogP contribution < -0.4 is 5.73 Å². The number of nitrogens with two attached hydrogens (primary N) is 1. The Labute approximate surface area is 115 Å². The summed E-state index contributed by atoms with van der Waals surface area (Å²) in [5.41, 5.74) is 5.75. The van der Waals surface area contributed by atoms with E-state index >= 15 is 0 Å². The highest BCUT2D eigenvalue weighted by Gasteiger charge is 2.36. The van der Waals surface area contributed by atoms with Crippen LogP contribution in [-0.2, 0) is 9.59 Å². The SMILES string of the molecule is CN(C)C(=O)CN(CC(F)(F)F)C(=O)CC(N)C1CC1. The molecule has 0 aromatic heterocycles. The highest BCUT2D eigenvalue weighted by Crippen LogP contribution is 2.33. The summed E-state index contributed by atoms with van der Waals surface area (Å²) < 4.78 is 37.4. The number of carbonyl (C=O) groups is 2. The molecule has 20 heavy (non-hydrogen) atoms. The number of nitrogens with zero attached hydrogens (tertiary/aromatic N) is 2. The molecule has 0 aliphatic heterocycles. The molecule has 0 radical (unpaired) electrons. The molecular formula is C12H20F3N3O2. The molecule has 0 heterocycles. The Bertz CT molecular complexity index is 367. The minimum Gasteiger partial charge on any atom is -0.347 e. The largest absolute Gasteiger partial charge is 0.406 e. The van der Waals surface area contributed by atoms with Gasteiger partial charge in [0, 0.05) is 26.6 Å². The Hall–Kier alpha value is -1.31. The Morgan fingerprint density at radius 1 is 1.25 bits per heavy atom. The maximum absolute atomic E-state index is 12.5. The van der Waals surface area contributed by atoms with Gasteiger partial charge in [0.25, 0.3) is 0 Å². The van der Waals surface area contributed by atoms with Crippen molar-refractivity contribution in [3.63, 3.8) is 0 Å². The van der Waals surface area contributed by atoms with E-state index in [1.165, 1.54) is 14.1 Å². The molecule has 0 spiro atoms. The van der Waals surface area contributed by atoms with E-state index in [9.17, 15) is 22.8 Å². The smallest absolute Gasteiger partial charge is 0.347 e. The Morgan fingerprint density at radius 3 is 2.20 bits per heavy atom. The molecule has 1 saturated carbocycles. The van der Waals surface area contributed by atoms with E-state index in [4.69, 9.17) is 5.73 Å². The van der Waals surface area contributed by atoms with Crippen LogP contribution in [-0.4, -0.2) is 61.0 Å². The zero-order valence-electron chi connectivity index (χ0n) is 11.6. The molecule has 1 aliphatic rings. The van der Waals surface area contributed by atoms with E-state index in [1.807, 2.05) is 0 Å². The van der Waals surface area contributed by atoms with E-state index in [0.29, 0.717) is 4.90 Å². The van der Waals surface area contributed by atoms with Crippen LogP contribution >= 0.6 is 0 Å². The van der Waals surface area contributed by atoms with Gasteiger partial charge in [0.05, 0.1) is 0 Å². The zero-order valence-corrected chi connectivity index (χ0v) is 11.6. The molecule has 2 N–H and O–H groups in total. The lowest BCUT2D eigenvalue weighted by Gasteiger charge is -2.26. The molecular weight excluding hydrogens is 275 g/mol. The van der Waals surface area contributed by atoms with Gasteiger partial charge >= 0.3 is 6.18 Å². The van der Waals surface area contributed by atoms with Crippen LogP contribution in [0.5, 0.6) is 0 Å². The fraction of sp³-hybridized carbons (Fsp3) is 0.833. The van der Waals surface area contributed by atoms with Gasteiger partial charge in [0.15, 0.2) is 0 Å². The summed E-state index contributed by atoms with van der Waals surface area (Å²) in [5.74, 6) is -1.06. The van der Waals surface area contributed by atoms with Crippen LogP contribution in [0, 0.1) is 5.92 Å². The third-order valence-electron chi connectivity index (χ3n) is 3.19. The van der Waals surface area contributed by atoms with Gasteiger partial charge in [-0.3, -0.25) is 9.59 Å². The average Bonchev–Trinajstić information content (AvgIpc) is 3.09. The molecule has 1 unspecified atom stereocenters. The molecule has 0 aromatic carbocycles. The minimum atomic E-state index is -4.54. The summed E-state index contributed by atoms with van der Waals surface area (Å²) in [6, 6.07) is -0.423. The van der Waals surface area contributed by atoms with E-state index in [0.717, 1.165) is 17.7 Å². The zero-order chi connectivity index (χ0) is 15.5. The van der Waals surface area contributed by atoms with Gasteiger partial charge < -0.3 is 15.5 Å². The van der Waals surface area contributed by atoms with Gasteiger partial charge in [-0.15, -0.1) is 0 Å². The lowest BCUT2D eigenvalue weighted by atomic mass is 10.1. The maximum Gasteiger partial charge on any atom is 0.406 e. The van der Waals surface area contributed by atoms with Crippen LogP contribution in [0.1, 0.15) is 19.3 Å². The molecule has 0 bridgehead atoms. The van der Waals surface area contributed by atoms with Crippen molar-refractivity contribution in [1.29, 1.82) is 0 Å². The van der Waals surface area contributed by atoms with Crippen LogP contribution in [0.2, 0.25) is 0 Å². The van der Waals surface area contributed by atoms with E-state index in [1.54, 1.807) is 0 Å². The summed E-state index contributed by atoms with van der Waals surface area (Å²) in [6.07, 6.45) is -2.87. The predicted molar refractivity (Wildman–Crippen MR) is 66.6 cm³/mol. The molecule has 5 nitrogen and oxygen atoms in total. The first-order valence-corrected chi connectivity index (χ1v) is 6.40. The number of alkyl halides is 3. The molecule has 1 atom stereocenters. The van der Waals surface area contributed by atoms with Crippen molar-refractivity contribution in [2.75, 3.05) is 27.2 Å². The van der Waals surface area contributed by atoms with Crippen LogP contribution in [0.3, 0.4) is 0 Å². The number of hydrogen-bond acceptors (Lipinski definition) is 3. The van der Waals surface area contributed by atoms with Crippen molar-refractivity contribution in [2.24, 2.45) is 11.7 Å². The van der Waals surface area contributed by atoms with Crippen LogP contribution in [0.15, 0.2) is 0 Å². The number of amides is 2. The van der Waals surface area contributed by atoms with Crippen molar-refractivity contribution < 1.29 is 22.8 Å². The second-order valence-electron chi connectivity index (χ2n) is 5.36. The normalized spacial score (nSPS) is 16.7. The molecule has 116 valence electrons. The average molecular weight is 295 g/mol. The summed E-state index contributed by atoms with van der Waals surface area (Å²) in [4.78, 5) is 25.1. The van der Waals surface area contributed by atoms with Gasteiger partial charge in [-0.05, 0) is 18.8 Å². The maximum atomic E-state index is 12.5. The quantitative estimate of drug-likeness (QED) is 0.780. The van der Waals surface area contributed by atoms with Gasteiger partial charge in [0.1, 0.15) is 13.1 Å². The summed E-state index contributed by atoms with van der Waals surface area (Å²) in [6.45, 7) is -2.01. The highest BCUT2D eigenvalue weighted by atomic mass is 19.4. The number of carbonyl (C=O) groups excluding carboxylic acids is 2. The van der Waals surface area contributed by atoms with Crippen molar-refractivity contribution >= 4 is 11.8 Å². The number of likely N-dealkylation sites (N-methyl/N-ethyl adjacent to an activating group) is 1. The van der Waals surface area contributed by atoms with Gasteiger partial charge in [-0.1, -0.05) is 0 Å². The Kier molecular flexibility index (Phi) is 5.38. The standard InChI is InChI=1S/C12H20F3N3O2/c1-17(2)11(20)6-18(7-12(13,14)15)10(19)5-9(16)8-3-4-8/h8-9H,3-7,16H2,1-2H3. The Morgan fingerprint density at radius 2 is 1.80 bits per heavy atom. The topological polar surface area (TPSA) is 66.6 Å². The highest BCUT2D eigenvalue weighted by molar-refractivity contribution is 5.84. The molecule has 0 aromatic rings. The Balaban J connectivity index is 2.64. The first kappa shape index (κ1) is 16.7. The monoisotopic (exact) mass is 295 g/mol. The second kappa shape index (κ2) is 6.43. The summed E-state index contributed by atoms with van der Waals surface area (Å²) in [5, 5.41) is 0. The lowest BCUT2D eigenvalue weighted by Crippen LogP contribution is -2.46. The fourth-order valence-corrected chi connectivity index (χ4v) is 1.78. The summed E-state index contributed by atoms with van der Waals surface area (Å²) >= 11 is 0. The molecule has 1 fully saturated rings. The van der Waals surface area contributed by atoms with Crippen molar-refractivity contribution in [1.82, 2.24) is 9.80 Å². The third-order valence-corrected chi connectivity index (χ3v) is 3.19. The van der Waals surface area contributed by atoms with Crippen molar-refractivity contribution in [2.45, 2.75) is 31.5 Å². The molecule has 1 aliphatic carbocycles. The fourth-order valence-electron chi connectivity index (χ4n) is 1.78. The number of halogens is 3. The van der Waals surface area contributed by atoms with E-state index < -0.39 is 37.1 Å². The lowest BCUT2D eigenvalue weighted by molar-refractivity contribution is -0.164. The van der Waals surface area contributed by atoms with E-state index in [-0.39, 0.29) is 12.3 Å². The van der Waals surface area contributed by atoms with Crippen LogP contribution in [0.4, 0.5) is 13.2 Å². The molecule has 0 saturated heterocycles. The summed E-state index contributed by atoms with van der Waals surface area (Å²) in [7, 11) is 2.85.